The van der Waals surface area contributed by atoms with Crippen LogP contribution in [0.15, 0.2) is 42.5 Å². The third-order valence-electron chi connectivity index (χ3n) is 3.40. The minimum Gasteiger partial charge on any atom is -0.454 e. The fraction of sp³-hybridized carbons (Fsp3) is 0.125. The van der Waals surface area contributed by atoms with Gasteiger partial charge in [0.2, 0.25) is 0 Å². The van der Waals surface area contributed by atoms with Crippen molar-refractivity contribution < 1.29 is 45.7 Å². The summed E-state index contributed by atoms with van der Waals surface area (Å²) in [4.78, 5) is 34.2. The summed E-state index contributed by atoms with van der Waals surface area (Å²) in [6.07, 6.45) is 0. The molecule has 2 rings (SSSR count). The Morgan fingerprint density at radius 2 is 1.83 bits per heavy atom. The Bertz CT molecular complexity index is 1120. The largest absolute Gasteiger partial charge is 0.454 e. The van der Waals surface area contributed by atoms with E-state index >= 15 is 0 Å². The van der Waals surface area contributed by atoms with E-state index in [0.717, 1.165) is 15.7 Å². The van der Waals surface area contributed by atoms with Crippen molar-refractivity contribution in [3.05, 3.63) is 67.3 Å². The molecule has 2 aromatic rings. The van der Waals surface area contributed by atoms with Crippen molar-refractivity contribution >= 4 is 50.3 Å². The SMILES string of the molecule is O=C(Oc1ccc([N+](=O)[O-])c(C(=O)OCC(F)(F)S(=O)(=O)O)c1)c1cccc(I)c1. The van der Waals surface area contributed by atoms with Crippen molar-refractivity contribution in [2.24, 2.45) is 0 Å². The van der Waals surface area contributed by atoms with Crippen LogP contribution in [-0.4, -0.2) is 41.7 Å². The van der Waals surface area contributed by atoms with Gasteiger partial charge >= 0.3 is 27.3 Å². The van der Waals surface area contributed by atoms with Gasteiger partial charge in [-0.05, 0) is 46.9 Å². The number of nitrogens with zero attached hydrogens (tertiary/aromatic N) is 1. The van der Waals surface area contributed by atoms with E-state index in [1.807, 2.05) is 22.6 Å². The third kappa shape index (κ3) is 5.67. The molecule has 30 heavy (non-hydrogen) atoms. The number of halogens is 3. The van der Waals surface area contributed by atoms with E-state index in [-0.39, 0.29) is 11.3 Å². The predicted octanol–water partition coefficient (Wildman–Crippen LogP) is 3.06. The van der Waals surface area contributed by atoms with E-state index in [0.29, 0.717) is 6.07 Å². The number of nitro benzene ring substituents is 1. The molecule has 0 amide bonds. The van der Waals surface area contributed by atoms with E-state index in [9.17, 15) is 36.9 Å². The molecule has 160 valence electrons. The zero-order valence-electron chi connectivity index (χ0n) is 14.5. The molecule has 0 bridgehead atoms. The summed E-state index contributed by atoms with van der Waals surface area (Å²) >= 11 is 1.95. The highest BCUT2D eigenvalue weighted by Crippen LogP contribution is 2.27. The molecule has 0 fully saturated rings. The highest BCUT2D eigenvalue weighted by Gasteiger charge is 2.46. The van der Waals surface area contributed by atoms with Crippen LogP contribution in [-0.2, 0) is 14.9 Å². The van der Waals surface area contributed by atoms with Gasteiger partial charge in [0.25, 0.3) is 5.69 Å². The number of rotatable bonds is 7. The van der Waals surface area contributed by atoms with Crippen molar-refractivity contribution in [1.29, 1.82) is 0 Å². The molecule has 10 nitrogen and oxygen atoms in total. The fourth-order valence-electron chi connectivity index (χ4n) is 1.98. The second kappa shape index (κ2) is 8.97. The number of carbonyl (C=O) groups excluding carboxylic acids is 2. The van der Waals surface area contributed by atoms with Crippen molar-refractivity contribution in [1.82, 2.24) is 0 Å². The molecule has 0 aliphatic rings. The van der Waals surface area contributed by atoms with Crippen molar-refractivity contribution in [3.63, 3.8) is 0 Å². The van der Waals surface area contributed by atoms with Crippen molar-refractivity contribution in [3.8, 4) is 5.75 Å². The number of carbonyl (C=O) groups is 2. The van der Waals surface area contributed by atoms with Crippen LogP contribution in [0.25, 0.3) is 0 Å². The lowest BCUT2D eigenvalue weighted by molar-refractivity contribution is -0.385. The zero-order chi connectivity index (χ0) is 22.7. The maximum atomic E-state index is 13.2. The number of hydrogen-bond donors (Lipinski definition) is 1. The lowest BCUT2D eigenvalue weighted by atomic mass is 10.1. The molecule has 0 aromatic heterocycles. The van der Waals surface area contributed by atoms with Crippen molar-refractivity contribution in [2.45, 2.75) is 5.25 Å². The Kier molecular flexibility index (Phi) is 7.04. The average molecular weight is 557 g/mol. The Hall–Kier alpha value is -2.72. The van der Waals surface area contributed by atoms with Gasteiger partial charge in [-0.25, -0.2) is 9.59 Å². The predicted molar refractivity (Wildman–Crippen MR) is 104 cm³/mol. The number of alkyl halides is 2. The third-order valence-corrected chi connectivity index (χ3v) is 4.95. The molecular weight excluding hydrogens is 547 g/mol. The Labute approximate surface area is 180 Å². The van der Waals surface area contributed by atoms with Crippen LogP contribution in [0.1, 0.15) is 20.7 Å². The second-order valence-corrected chi connectivity index (χ2v) is 8.32. The number of ether oxygens (including phenoxy) is 2. The Morgan fingerprint density at radius 3 is 2.40 bits per heavy atom. The maximum Gasteiger partial charge on any atom is 0.402 e. The van der Waals surface area contributed by atoms with Gasteiger partial charge in [-0.2, -0.15) is 17.2 Å². The molecule has 0 aliphatic heterocycles. The summed E-state index contributed by atoms with van der Waals surface area (Å²) in [5.74, 6) is -2.89. The van der Waals surface area contributed by atoms with Gasteiger partial charge in [-0.3, -0.25) is 14.7 Å². The van der Waals surface area contributed by atoms with Gasteiger partial charge in [0.15, 0.2) is 6.61 Å². The van der Waals surface area contributed by atoms with Gasteiger partial charge in [0.1, 0.15) is 11.3 Å². The van der Waals surface area contributed by atoms with Crippen LogP contribution in [0.3, 0.4) is 0 Å². The molecular formula is C16H10F2INO9S. The first kappa shape index (κ1) is 23.6. The number of benzene rings is 2. The first-order valence-electron chi connectivity index (χ1n) is 7.60. The van der Waals surface area contributed by atoms with Crippen molar-refractivity contribution in [2.75, 3.05) is 6.61 Å². The normalized spacial score (nSPS) is 11.6. The molecule has 0 saturated heterocycles. The summed E-state index contributed by atoms with van der Waals surface area (Å²) in [6.45, 7) is -2.09. The molecule has 2 aromatic carbocycles. The number of esters is 2. The molecule has 0 radical (unpaired) electrons. The lowest BCUT2D eigenvalue weighted by Crippen LogP contribution is -2.34. The molecule has 14 heteroatoms. The maximum absolute atomic E-state index is 13.2. The molecule has 0 unspecified atom stereocenters. The highest BCUT2D eigenvalue weighted by atomic mass is 127. The number of hydrogen-bond acceptors (Lipinski definition) is 8. The van der Waals surface area contributed by atoms with Gasteiger partial charge in [-0.15, -0.1) is 0 Å². The quantitative estimate of drug-likeness (QED) is 0.135. The topological polar surface area (TPSA) is 150 Å². The lowest BCUT2D eigenvalue weighted by Gasteiger charge is -2.13. The zero-order valence-corrected chi connectivity index (χ0v) is 17.4. The standard InChI is InChI=1S/C16H10F2INO9S/c17-16(18,30(25,26)27)8-28-15(22)12-7-11(4-5-13(12)20(23)24)29-14(21)9-2-1-3-10(19)6-9/h1-7H,8H2,(H,25,26,27). The van der Waals surface area contributed by atoms with E-state index in [2.05, 4.69) is 4.74 Å². The Balaban J connectivity index is 2.29. The smallest absolute Gasteiger partial charge is 0.402 e. The molecule has 1 N–H and O–H groups in total. The summed E-state index contributed by atoms with van der Waals surface area (Å²) in [7, 11) is -5.88. The van der Waals surface area contributed by atoms with Crippen LogP contribution < -0.4 is 4.74 Å². The summed E-state index contributed by atoms with van der Waals surface area (Å²) < 4.78 is 65.8. The molecule has 0 spiro atoms. The van der Waals surface area contributed by atoms with Crippen LogP contribution in [0.4, 0.5) is 14.5 Å². The van der Waals surface area contributed by atoms with Gasteiger partial charge < -0.3 is 9.47 Å². The second-order valence-electron chi connectivity index (χ2n) is 5.52. The summed E-state index contributed by atoms with van der Waals surface area (Å²) in [5.41, 5.74) is -1.61. The minimum atomic E-state index is -5.88. The molecule has 0 heterocycles. The molecule has 0 aliphatic carbocycles. The monoisotopic (exact) mass is 557 g/mol. The number of nitro groups is 1. The first-order chi connectivity index (χ1) is 13.8. The Morgan fingerprint density at radius 1 is 1.17 bits per heavy atom. The van der Waals surface area contributed by atoms with E-state index < -0.39 is 50.1 Å². The van der Waals surface area contributed by atoms with Crippen LogP contribution >= 0.6 is 22.6 Å². The molecule has 0 atom stereocenters. The van der Waals surface area contributed by atoms with E-state index in [1.54, 1.807) is 12.1 Å². The van der Waals surface area contributed by atoms with E-state index in [4.69, 9.17) is 9.29 Å². The summed E-state index contributed by atoms with van der Waals surface area (Å²) in [6, 6.07) is 8.68. The first-order valence-corrected chi connectivity index (χ1v) is 10.1. The van der Waals surface area contributed by atoms with Gasteiger partial charge in [0.05, 0.1) is 10.5 Å². The van der Waals surface area contributed by atoms with Crippen LogP contribution in [0.5, 0.6) is 5.75 Å². The minimum absolute atomic E-state index is 0.136. The molecule has 0 saturated carbocycles. The summed E-state index contributed by atoms with van der Waals surface area (Å²) in [5, 5.41) is 6.26. The van der Waals surface area contributed by atoms with Crippen LogP contribution in [0, 0.1) is 13.7 Å². The average Bonchev–Trinajstić information content (AvgIpc) is 2.65. The van der Waals surface area contributed by atoms with E-state index in [1.165, 1.54) is 12.1 Å². The fourth-order valence-corrected chi connectivity index (χ4v) is 2.74. The highest BCUT2D eigenvalue weighted by molar-refractivity contribution is 14.1. The van der Waals surface area contributed by atoms with Gasteiger partial charge in [0, 0.05) is 15.7 Å². The van der Waals surface area contributed by atoms with Gasteiger partial charge in [-0.1, -0.05) is 6.07 Å². The van der Waals surface area contributed by atoms with Crippen LogP contribution in [0.2, 0.25) is 0 Å².